The van der Waals surface area contributed by atoms with Gasteiger partial charge in [0.2, 0.25) is 0 Å². The van der Waals surface area contributed by atoms with E-state index < -0.39 is 11.2 Å². The van der Waals surface area contributed by atoms with E-state index >= 15 is 0 Å². The van der Waals surface area contributed by atoms with Crippen LogP contribution < -0.4 is 0 Å². The summed E-state index contributed by atoms with van der Waals surface area (Å²) in [4.78, 5) is 18.3. The average molecular weight is 323 g/mol. The number of ether oxygens (including phenoxy) is 1. The van der Waals surface area contributed by atoms with Gasteiger partial charge in [-0.05, 0) is 39.2 Å². The number of carbonyl (C=O) groups excluding carboxylic acids is 1. The van der Waals surface area contributed by atoms with E-state index in [4.69, 9.17) is 16.3 Å². The molecular formula is C16H19ClN2O3. The van der Waals surface area contributed by atoms with Crippen molar-refractivity contribution < 1.29 is 14.6 Å². The first kappa shape index (κ1) is 14.3. The van der Waals surface area contributed by atoms with Crippen LogP contribution in [0.1, 0.15) is 32.8 Å². The smallest absolute Gasteiger partial charge is 0.410 e. The number of aliphatic hydroxyl groups is 1. The number of piperidine rings is 2. The first-order valence-corrected chi connectivity index (χ1v) is 7.97. The predicted octanol–water partition coefficient (Wildman–Crippen LogP) is 2.56. The van der Waals surface area contributed by atoms with E-state index in [1.54, 1.807) is 23.2 Å². The van der Waals surface area contributed by atoms with Crippen molar-refractivity contribution in [2.45, 2.75) is 50.5 Å². The third kappa shape index (κ3) is 1.75. The highest BCUT2D eigenvalue weighted by Crippen LogP contribution is 2.71. The molecule has 4 aliphatic rings. The molecule has 5 atom stereocenters. The summed E-state index contributed by atoms with van der Waals surface area (Å²) < 4.78 is 5.50. The second-order valence-electron chi connectivity index (χ2n) is 7.51. The van der Waals surface area contributed by atoms with Gasteiger partial charge in [-0.25, -0.2) is 9.78 Å². The van der Waals surface area contributed by atoms with Crippen molar-refractivity contribution in [3.63, 3.8) is 0 Å². The molecule has 6 heteroatoms. The number of carbonyl (C=O) groups is 1. The minimum Gasteiger partial charge on any atom is -0.444 e. The van der Waals surface area contributed by atoms with Crippen LogP contribution in [0.5, 0.6) is 0 Å². The topological polar surface area (TPSA) is 62.7 Å². The fraction of sp³-hybridized carbons (Fsp3) is 0.625. The summed E-state index contributed by atoms with van der Waals surface area (Å²) in [5.74, 6) is 0.464. The van der Waals surface area contributed by atoms with Gasteiger partial charge in [-0.2, -0.15) is 0 Å². The normalized spacial score (nSPS) is 38.3. The SMILES string of the molecule is CC(C)(C)OC(=O)N1C2C3CC1C(O)(c1ccc(Cl)nc1)C32. The lowest BCUT2D eigenvalue weighted by molar-refractivity contribution is -0.0185. The maximum Gasteiger partial charge on any atom is 0.410 e. The molecule has 1 amide bonds. The quantitative estimate of drug-likeness (QED) is 0.807. The molecule has 2 saturated heterocycles. The standard InChI is InChI=1S/C16H19ClN2O3/c1-15(2,3)22-14(20)19-10-6-9-12(13(9)19)16(10,21)8-4-5-11(17)18-7-8/h4-5,7,9-10,12-13,21H,6H2,1-3H3. The van der Waals surface area contributed by atoms with Gasteiger partial charge in [0.15, 0.2) is 0 Å². The predicted molar refractivity (Wildman–Crippen MR) is 80.4 cm³/mol. The first-order chi connectivity index (χ1) is 10.2. The Morgan fingerprint density at radius 2 is 2.23 bits per heavy atom. The van der Waals surface area contributed by atoms with Gasteiger partial charge >= 0.3 is 6.09 Å². The van der Waals surface area contributed by atoms with Crippen molar-refractivity contribution in [3.8, 4) is 0 Å². The molecule has 1 aromatic heterocycles. The Balaban J connectivity index is 1.64. The number of halogens is 1. The Labute approximate surface area is 134 Å². The number of pyridine rings is 1. The van der Waals surface area contributed by atoms with E-state index in [0.29, 0.717) is 11.1 Å². The Hall–Kier alpha value is -1.33. The van der Waals surface area contributed by atoms with Gasteiger partial charge in [-0.15, -0.1) is 0 Å². The molecule has 0 spiro atoms. The van der Waals surface area contributed by atoms with Gasteiger partial charge < -0.3 is 9.84 Å². The Morgan fingerprint density at radius 3 is 2.77 bits per heavy atom. The fourth-order valence-corrected chi connectivity index (χ4v) is 4.47. The fourth-order valence-electron chi connectivity index (χ4n) is 4.36. The summed E-state index contributed by atoms with van der Waals surface area (Å²) in [5.41, 5.74) is -0.818. The summed E-state index contributed by atoms with van der Waals surface area (Å²) in [6.07, 6.45) is 2.12. The van der Waals surface area contributed by atoms with Crippen LogP contribution in [0, 0.1) is 11.8 Å². The largest absolute Gasteiger partial charge is 0.444 e. The van der Waals surface area contributed by atoms with Crippen molar-refractivity contribution in [3.05, 3.63) is 29.0 Å². The highest BCUT2D eigenvalue weighted by atomic mass is 35.5. The van der Waals surface area contributed by atoms with Gasteiger partial charge in [0.1, 0.15) is 16.4 Å². The maximum absolute atomic E-state index is 12.5. The molecule has 5 nitrogen and oxygen atoms in total. The van der Waals surface area contributed by atoms with E-state index in [0.717, 1.165) is 12.0 Å². The molecule has 0 aromatic carbocycles. The van der Waals surface area contributed by atoms with Crippen LogP contribution in [0.4, 0.5) is 4.79 Å². The summed E-state index contributed by atoms with van der Waals surface area (Å²) in [6.45, 7) is 5.56. The molecule has 22 heavy (non-hydrogen) atoms. The highest BCUT2D eigenvalue weighted by molar-refractivity contribution is 6.29. The van der Waals surface area contributed by atoms with E-state index in [1.165, 1.54) is 0 Å². The van der Waals surface area contributed by atoms with Gasteiger partial charge in [0, 0.05) is 23.7 Å². The molecule has 2 aliphatic heterocycles. The molecule has 4 bridgehead atoms. The highest BCUT2D eigenvalue weighted by Gasteiger charge is 2.81. The third-order valence-corrected chi connectivity index (χ3v) is 5.31. The molecule has 1 N–H and O–H groups in total. The van der Waals surface area contributed by atoms with Gasteiger partial charge in [0.05, 0.1) is 6.04 Å². The molecule has 1 aromatic rings. The number of hydrogen-bond donors (Lipinski definition) is 1. The van der Waals surface area contributed by atoms with Crippen LogP contribution >= 0.6 is 11.6 Å². The summed E-state index contributed by atoms with van der Waals surface area (Å²) in [5, 5.41) is 11.7. The van der Waals surface area contributed by atoms with Gasteiger partial charge in [0.25, 0.3) is 0 Å². The Morgan fingerprint density at radius 1 is 1.50 bits per heavy atom. The molecule has 4 fully saturated rings. The van der Waals surface area contributed by atoms with Crippen molar-refractivity contribution in [1.29, 1.82) is 0 Å². The van der Waals surface area contributed by atoms with Crippen LogP contribution in [0.25, 0.3) is 0 Å². The Bertz CT molecular complexity index is 642. The molecule has 0 radical (unpaired) electrons. The number of amides is 1. The number of rotatable bonds is 1. The lowest BCUT2D eigenvalue weighted by atomic mass is 9.88. The Kier molecular flexibility index (Phi) is 2.69. The van der Waals surface area contributed by atoms with Crippen LogP contribution in [0.2, 0.25) is 5.15 Å². The van der Waals surface area contributed by atoms with E-state index in [9.17, 15) is 9.90 Å². The molecule has 2 aliphatic carbocycles. The molecular weight excluding hydrogens is 304 g/mol. The molecule has 5 unspecified atom stereocenters. The van der Waals surface area contributed by atoms with E-state index in [1.807, 2.05) is 20.8 Å². The zero-order valence-electron chi connectivity index (χ0n) is 12.8. The molecule has 2 saturated carbocycles. The van der Waals surface area contributed by atoms with Crippen LogP contribution in [-0.4, -0.2) is 38.8 Å². The van der Waals surface area contributed by atoms with Crippen LogP contribution in [0.3, 0.4) is 0 Å². The molecule has 5 rings (SSSR count). The summed E-state index contributed by atoms with van der Waals surface area (Å²) >= 11 is 5.83. The number of hydrogen-bond acceptors (Lipinski definition) is 4. The lowest BCUT2D eigenvalue weighted by Crippen LogP contribution is -2.45. The van der Waals surface area contributed by atoms with Crippen molar-refractivity contribution in [2.24, 2.45) is 11.8 Å². The second-order valence-corrected chi connectivity index (χ2v) is 7.90. The summed E-state index contributed by atoms with van der Waals surface area (Å²) in [7, 11) is 0. The van der Waals surface area contributed by atoms with Crippen LogP contribution in [-0.2, 0) is 10.3 Å². The van der Waals surface area contributed by atoms with Crippen LogP contribution in [0.15, 0.2) is 18.3 Å². The first-order valence-electron chi connectivity index (χ1n) is 7.59. The zero-order valence-corrected chi connectivity index (χ0v) is 13.5. The minimum atomic E-state index is -1.02. The molecule has 3 heterocycles. The lowest BCUT2D eigenvalue weighted by Gasteiger charge is -2.32. The zero-order chi connectivity index (χ0) is 15.9. The summed E-state index contributed by atoms with van der Waals surface area (Å²) in [6, 6.07) is 3.35. The van der Waals surface area contributed by atoms with Crippen molar-refractivity contribution >= 4 is 17.7 Å². The van der Waals surface area contributed by atoms with Crippen molar-refractivity contribution in [2.75, 3.05) is 0 Å². The monoisotopic (exact) mass is 322 g/mol. The molecule has 118 valence electrons. The number of nitrogens with zero attached hydrogens (tertiary/aromatic N) is 2. The van der Waals surface area contributed by atoms with Gasteiger partial charge in [-0.1, -0.05) is 17.7 Å². The minimum absolute atomic E-state index is 0.0907. The third-order valence-electron chi connectivity index (χ3n) is 5.09. The van der Waals surface area contributed by atoms with Crippen molar-refractivity contribution in [1.82, 2.24) is 9.88 Å². The van der Waals surface area contributed by atoms with E-state index in [-0.39, 0.29) is 24.1 Å². The van der Waals surface area contributed by atoms with Gasteiger partial charge in [-0.3, -0.25) is 4.90 Å². The maximum atomic E-state index is 12.5. The average Bonchev–Trinajstić information content (AvgIpc) is 2.73. The number of aromatic nitrogens is 1. The van der Waals surface area contributed by atoms with E-state index in [2.05, 4.69) is 4.98 Å². The second kappa shape index (κ2) is 4.15.